The molecule has 20 heavy (non-hydrogen) atoms. The molecule has 0 fully saturated rings. The highest BCUT2D eigenvalue weighted by atomic mass is 19.1. The second-order valence-corrected chi connectivity index (χ2v) is 3.90. The molecule has 0 aliphatic rings. The van der Waals surface area contributed by atoms with Crippen LogP contribution in [-0.2, 0) is 0 Å². The van der Waals surface area contributed by atoms with Crippen LogP contribution in [0.25, 0.3) is 0 Å². The molecule has 2 rings (SSSR count). The summed E-state index contributed by atoms with van der Waals surface area (Å²) in [6.07, 6.45) is 1.27. The number of para-hydroxylation sites is 1. The van der Waals surface area contributed by atoms with Gasteiger partial charge in [-0.3, -0.25) is 4.79 Å². The van der Waals surface area contributed by atoms with Crippen LogP contribution in [0.4, 0.5) is 15.8 Å². The number of hydrogen-bond donors (Lipinski definition) is 3. The SMILES string of the molecule is Nc1ccc(C(=O)Nc2c(F)cccc2C(=O)O)nc1. The lowest BCUT2D eigenvalue weighted by Gasteiger charge is -2.09. The summed E-state index contributed by atoms with van der Waals surface area (Å²) in [4.78, 5) is 26.6. The third kappa shape index (κ3) is 2.72. The quantitative estimate of drug-likeness (QED) is 0.791. The van der Waals surface area contributed by atoms with Crippen LogP contribution in [0.2, 0.25) is 0 Å². The maximum absolute atomic E-state index is 13.6. The topological polar surface area (TPSA) is 105 Å². The van der Waals surface area contributed by atoms with Gasteiger partial charge >= 0.3 is 5.97 Å². The molecule has 0 aliphatic heterocycles. The first-order valence-electron chi connectivity index (χ1n) is 5.53. The fraction of sp³-hybridized carbons (Fsp3) is 0. The number of carboxylic acid groups (broad SMARTS) is 1. The third-order valence-electron chi connectivity index (χ3n) is 2.50. The van der Waals surface area contributed by atoms with Gasteiger partial charge < -0.3 is 16.2 Å². The van der Waals surface area contributed by atoms with Gasteiger partial charge in [-0.25, -0.2) is 14.2 Å². The second-order valence-electron chi connectivity index (χ2n) is 3.90. The van der Waals surface area contributed by atoms with E-state index in [0.29, 0.717) is 5.69 Å². The van der Waals surface area contributed by atoms with Gasteiger partial charge in [-0.1, -0.05) is 6.07 Å². The third-order valence-corrected chi connectivity index (χ3v) is 2.50. The Labute approximate surface area is 113 Å². The molecule has 0 aliphatic carbocycles. The lowest BCUT2D eigenvalue weighted by Crippen LogP contribution is -2.17. The minimum Gasteiger partial charge on any atom is -0.478 e. The standard InChI is InChI=1S/C13H10FN3O3/c14-9-3-1-2-8(13(19)20)11(9)17-12(18)10-5-4-7(15)6-16-10/h1-6H,15H2,(H,17,18)(H,19,20). The molecule has 1 heterocycles. The van der Waals surface area contributed by atoms with Crippen LogP contribution in [-0.4, -0.2) is 22.0 Å². The number of nitrogens with two attached hydrogens (primary N) is 1. The van der Waals surface area contributed by atoms with Gasteiger partial charge in [0, 0.05) is 0 Å². The normalized spacial score (nSPS) is 10.1. The number of anilines is 2. The second kappa shape index (κ2) is 5.35. The predicted octanol–water partition coefficient (Wildman–Crippen LogP) is 1.75. The van der Waals surface area contributed by atoms with E-state index in [1.165, 1.54) is 30.5 Å². The van der Waals surface area contributed by atoms with Crippen LogP contribution < -0.4 is 11.1 Å². The summed E-state index contributed by atoms with van der Waals surface area (Å²) in [5.74, 6) is -2.91. The van der Waals surface area contributed by atoms with Crippen molar-refractivity contribution in [1.29, 1.82) is 0 Å². The maximum atomic E-state index is 13.6. The van der Waals surface area contributed by atoms with Crippen molar-refractivity contribution in [3.63, 3.8) is 0 Å². The highest BCUT2D eigenvalue weighted by Gasteiger charge is 2.17. The van der Waals surface area contributed by atoms with Crippen molar-refractivity contribution >= 4 is 23.3 Å². The predicted molar refractivity (Wildman–Crippen MR) is 70.0 cm³/mol. The highest BCUT2D eigenvalue weighted by Crippen LogP contribution is 2.20. The number of nitrogen functional groups attached to an aromatic ring is 1. The van der Waals surface area contributed by atoms with Gasteiger partial charge in [0.1, 0.15) is 11.5 Å². The lowest BCUT2D eigenvalue weighted by molar-refractivity contribution is 0.0697. The van der Waals surface area contributed by atoms with Crippen molar-refractivity contribution in [1.82, 2.24) is 4.98 Å². The number of benzene rings is 1. The van der Waals surface area contributed by atoms with Gasteiger partial charge in [0.15, 0.2) is 0 Å². The molecule has 0 bridgehead atoms. The minimum atomic E-state index is -1.34. The Morgan fingerprint density at radius 2 is 2.00 bits per heavy atom. The smallest absolute Gasteiger partial charge is 0.337 e. The number of carbonyl (C=O) groups is 2. The Bertz CT molecular complexity index is 671. The van der Waals surface area contributed by atoms with Gasteiger partial charge in [0.2, 0.25) is 0 Å². The van der Waals surface area contributed by atoms with Crippen LogP contribution in [0.1, 0.15) is 20.8 Å². The van der Waals surface area contributed by atoms with Gasteiger partial charge in [0.05, 0.1) is 23.1 Å². The van der Waals surface area contributed by atoms with E-state index in [0.717, 1.165) is 6.07 Å². The van der Waals surface area contributed by atoms with Crippen LogP contribution >= 0.6 is 0 Å². The van der Waals surface area contributed by atoms with Gasteiger partial charge in [-0.05, 0) is 24.3 Å². The number of aromatic carboxylic acids is 1. The van der Waals surface area contributed by atoms with Crippen molar-refractivity contribution in [2.75, 3.05) is 11.1 Å². The number of carbonyl (C=O) groups excluding carboxylic acids is 1. The number of pyridine rings is 1. The number of amides is 1. The van der Waals surface area contributed by atoms with Crippen molar-refractivity contribution in [3.8, 4) is 0 Å². The number of nitrogens with zero attached hydrogens (tertiary/aromatic N) is 1. The van der Waals surface area contributed by atoms with Crippen molar-refractivity contribution in [2.45, 2.75) is 0 Å². The molecule has 1 amide bonds. The van der Waals surface area contributed by atoms with E-state index < -0.39 is 23.4 Å². The number of halogens is 1. The van der Waals surface area contributed by atoms with E-state index in [4.69, 9.17) is 10.8 Å². The zero-order valence-electron chi connectivity index (χ0n) is 10.1. The molecular formula is C13H10FN3O3. The van der Waals surface area contributed by atoms with E-state index in [9.17, 15) is 14.0 Å². The van der Waals surface area contributed by atoms with E-state index in [1.807, 2.05) is 0 Å². The van der Waals surface area contributed by atoms with Crippen LogP contribution in [0.5, 0.6) is 0 Å². The van der Waals surface area contributed by atoms with E-state index in [2.05, 4.69) is 10.3 Å². The van der Waals surface area contributed by atoms with E-state index >= 15 is 0 Å². The summed E-state index contributed by atoms with van der Waals surface area (Å²) in [6.45, 7) is 0. The van der Waals surface area contributed by atoms with Crippen LogP contribution in [0.3, 0.4) is 0 Å². The zero-order chi connectivity index (χ0) is 14.7. The number of rotatable bonds is 3. The van der Waals surface area contributed by atoms with E-state index in [1.54, 1.807) is 0 Å². The molecular weight excluding hydrogens is 265 g/mol. The Balaban J connectivity index is 2.32. The number of carboxylic acids is 1. The first-order valence-corrected chi connectivity index (χ1v) is 5.53. The summed E-state index contributed by atoms with van der Waals surface area (Å²) in [5, 5.41) is 11.2. The van der Waals surface area contributed by atoms with Gasteiger partial charge in [0.25, 0.3) is 5.91 Å². The maximum Gasteiger partial charge on any atom is 0.337 e. The number of nitrogens with one attached hydrogen (secondary N) is 1. The molecule has 4 N–H and O–H groups in total. The van der Waals surface area contributed by atoms with Crippen LogP contribution in [0, 0.1) is 5.82 Å². The number of hydrogen-bond acceptors (Lipinski definition) is 4. The molecule has 0 unspecified atom stereocenters. The van der Waals surface area contributed by atoms with Gasteiger partial charge in [-0.2, -0.15) is 0 Å². The summed E-state index contributed by atoms with van der Waals surface area (Å²) in [5.41, 5.74) is 5.07. The molecule has 0 saturated heterocycles. The molecule has 6 nitrogen and oxygen atoms in total. The first kappa shape index (κ1) is 13.5. The zero-order valence-corrected chi connectivity index (χ0v) is 10.1. The van der Waals surface area contributed by atoms with Crippen molar-refractivity contribution in [2.24, 2.45) is 0 Å². The molecule has 7 heteroatoms. The summed E-state index contributed by atoms with van der Waals surface area (Å²) < 4.78 is 13.6. The van der Waals surface area contributed by atoms with Gasteiger partial charge in [-0.15, -0.1) is 0 Å². The summed E-state index contributed by atoms with van der Waals surface area (Å²) in [7, 11) is 0. The largest absolute Gasteiger partial charge is 0.478 e. The number of aromatic nitrogens is 1. The average Bonchev–Trinajstić information content (AvgIpc) is 2.41. The Morgan fingerprint density at radius 3 is 2.60 bits per heavy atom. The molecule has 0 radical (unpaired) electrons. The molecule has 0 atom stereocenters. The average molecular weight is 275 g/mol. The first-order chi connectivity index (χ1) is 9.49. The fourth-order valence-electron chi connectivity index (χ4n) is 1.55. The summed E-state index contributed by atoms with van der Waals surface area (Å²) in [6, 6.07) is 6.30. The monoisotopic (exact) mass is 275 g/mol. The molecule has 102 valence electrons. The minimum absolute atomic E-state index is 0.00112. The molecule has 1 aromatic heterocycles. The molecule has 1 aromatic carbocycles. The van der Waals surface area contributed by atoms with Crippen LogP contribution in [0.15, 0.2) is 36.5 Å². The van der Waals surface area contributed by atoms with Crippen molar-refractivity contribution < 1.29 is 19.1 Å². The Hall–Kier alpha value is -2.96. The van der Waals surface area contributed by atoms with E-state index in [-0.39, 0.29) is 11.3 Å². The Morgan fingerprint density at radius 1 is 1.25 bits per heavy atom. The fourth-order valence-corrected chi connectivity index (χ4v) is 1.55. The summed E-state index contributed by atoms with van der Waals surface area (Å²) >= 11 is 0. The Kier molecular flexibility index (Phi) is 3.60. The lowest BCUT2D eigenvalue weighted by atomic mass is 10.1. The molecule has 0 saturated carbocycles. The molecule has 2 aromatic rings. The molecule has 0 spiro atoms. The highest BCUT2D eigenvalue weighted by molar-refractivity contribution is 6.06. The van der Waals surface area contributed by atoms with Crippen molar-refractivity contribution in [3.05, 3.63) is 53.6 Å².